The van der Waals surface area contributed by atoms with Crippen LogP contribution in [0.5, 0.6) is 0 Å². The second-order valence-corrected chi connectivity index (χ2v) is 6.18. The van der Waals surface area contributed by atoms with Crippen molar-refractivity contribution in [2.75, 3.05) is 44.3 Å². The van der Waals surface area contributed by atoms with Crippen molar-refractivity contribution in [2.24, 2.45) is 5.92 Å². The van der Waals surface area contributed by atoms with E-state index in [2.05, 4.69) is 33.8 Å². The Balaban J connectivity index is 1.54. The van der Waals surface area contributed by atoms with E-state index >= 15 is 0 Å². The lowest BCUT2D eigenvalue weighted by atomic mass is 10.0. The van der Waals surface area contributed by atoms with Gasteiger partial charge < -0.3 is 14.6 Å². The molecule has 2 aliphatic heterocycles. The van der Waals surface area contributed by atoms with E-state index in [4.69, 9.17) is 9.72 Å². The first kappa shape index (κ1) is 13.1. The average molecular weight is 286 g/mol. The molecule has 0 radical (unpaired) electrons. The van der Waals surface area contributed by atoms with Crippen LogP contribution >= 0.6 is 0 Å². The Hall–Kier alpha value is -1.59. The minimum atomic E-state index is 0.613. The molecule has 1 aromatic heterocycles. The Kier molecular flexibility index (Phi) is 3.31. The minimum Gasteiger partial charge on any atom is -0.379 e. The van der Waals surface area contributed by atoms with E-state index < -0.39 is 0 Å². The second-order valence-electron chi connectivity index (χ2n) is 6.18. The van der Waals surface area contributed by atoms with Gasteiger partial charge in [0.15, 0.2) is 0 Å². The lowest BCUT2D eigenvalue weighted by Gasteiger charge is -2.33. The van der Waals surface area contributed by atoms with Gasteiger partial charge in [-0.3, -0.25) is 4.90 Å². The Morgan fingerprint density at radius 3 is 2.81 bits per heavy atom. The second kappa shape index (κ2) is 5.31. The third-order valence-corrected chi connectivity index (χ3v) is 4.76. The summed E-state index contributed by atoms with van der Waals surface area (Å²) < 4.78 is 5.47. The standard InChI is InChI=1S/C16H22N4O/c1-12-10-20(11-15(12)19-6-8-21-9-7-19)16-17-13-4-2-3-5-14(13)18-16/h2-5,12,15H,6-11H2,1H3,(H,17,18)/t12-,15-/m0/s1. The predicted molar refractivity (Wildman–Crippen MR) is 83.7 cm³/mol. The molecular formula is C16H22N4O. The van der Waals surface area contributed by atoms with Gasteiger partial charge in [-0.2, -0.15) is 0 Å². The number of H-pyrrole nitrogens is 1. The van der Waals surface area contributed by atoms with Crippen LogP contribution in [0.15, 0.2) is 24.3 Å². The number of ether oxygens (including phenoxy) is 1. The summed E-state index contributed by atoms with van der Waals surface area (Å²) in [6.45, 7) is 8.33. The molecule has 2 saturated heterocycles. The third-order valence-electron chi connectivity index (χ3n) is 4.76. The molecule has 2 atom stereocenters. The predicted octanol–water partition coefficient (Wildman–Crippen LogP) is 1.72. The highest BCUT2D eigenvalue weighted by Crippen LogP contribution is 2.27. The molecule has 0 amide bonds. The minimum absolute atomic E-state index is 0.613. The SMILES string of the molecule is C[C@H]1CN(c2nc3ccccc3[nH]2)C[C@@H]1N1CCOCC1. The number of benzene rings is 1. The highest BCUT2D eigenvalue weighted by molar-refractivity contribution is 5.77. The molecule has 2 aromatic rings. The molecule has 5 nitrogen and oxygen atoms in total. The number of fused-ring (bicyclic) bond motifs is 1. The smallest absolute Gasteiger partial charge is 0.203 e. The number of aromatic amines is 1. The number of aromatic nitrogens is 2. The van der Waals surface area contributed by atoms with Crippen molar-refractivity contribution in [3.63, 3.8) is 0 Å². The summed E-state index contributed by atoms with van der Waals surface area (Å²) in [5, 5.41) is 0. The van der Waals surface area contributed by atoms with Gasteiger partial charge in [0.1, 0.15) is 0 Å². The van der Waals surface area contributed by atoms with Gasteiger partial charge in [0.25, 0.3) is 0 Å². The normalized spacial score (nSPS) is 27.6. The van der Waals surface area contributed by atoms with Gasteiger partial charge in [-0.25, -0.2) is 4.98 Å². The topological polar surface area (TPSA) is 44.4 Å². The first-order valence-corrected chi connectivity index (χ1v) is 7.83. The number of hydrogen-bond acceptors (Lipinski definition) is 4. The highest BCUT2D eigenvalue weighted by atomic mass is 16.5. The maximum Gasteiger partial charge on any atom is 0.203 e. The molecular weight excluding hydrogens is 264 g/mol. The molecule has 3 heterocycles. The summed E-state index contributed by atoms with van der Waals surface area (Å²) in [5.74, 6) is 1.68. The van der Waals surface area contributed by atoms with Crippen LogP contribution in [0.25, 0.3) is 11.0 Å². The molecule has 1 aromatic carbocycles. The maximum absolute atomic E-state index is 5.47. The van der Waals surface area contributed by atoms with E-state index in [1.807, 2.05) is 12.1 Å². The van der Waals surface area contributed by atoms with Crippen LogP contribution in [0.4, 0.5) is 5.95 Å². The van der Waals surface area contributed by atoms with Crippen LogP contribution in [-0.4, -0.2) is 60.3 Å². The summed E-state index contributed by atoms with van der Waals surface area (Å²) in [6, 6.07) is 8.85. The van der Waals surface area contributed by atoms with Gasteiger partial charge in [0.2, 0.25) is 5.95 Å². The van der Waals surface area contributed by atoms with Crippen LogP contribution in [-0.2, 0) is 4.74 Å². The molecule has 0 saturated carbocycles. The summed E-state index contributed by atoms with van der Waals surface area (Å²) in [4.78, 5) is 13.2. The summed E-state index contributed by atoms with van der Waals surface area (Å²) >= 11 is 0. The Morgan fingerprint density at radius 1 is 1.19 bits per heavy atom. The Labute approximate surface area is 124 Å². The van der Waals surface area contributed by atoms with Gasteiger partial charge in [-0.15, -0.1) is 0 Å². The molecule has 0 bridgehead atoms. The number of rotatable bonds is 2. The van der Waals surface area contributed by atoms with Crippen LogP contribution in [0.1, 0.15) is 6.92 Å². The maximum atomic E-state index is 5.47. The van der Waals surface area contributed by atoms with Gasteiger partial charge in [0.05, 0.1) is 24.2 Å². The lowest BCUT2D eigenvalue weighted by Crippen LogP contribution is -2.46. The molecule has 0 unspecified atom stereocenters. The molecule has 2 aliphatic rings. The fraction of sp³-hybridized carbons (Fsp3) is 0.562. The van der Waals surface area contributed by atoms with E-state index in [1.165, 1.54) is 0 Å². The number of nitrogens with zero attached hydrogens (tertiary/aromatic N) is 3. The first-order valence-electron chi connectivity index (χ1n) is 7.83. The zero-order chi connectivity index (χ0) is 14.2. The molecule has 0 aliphatic carbocycles. The van der Waals surface area contributed by atoms with Crippen molar-refractivity contribution in [2.45, 2.75) is 13.0 Å². The quantitative estimate of drug-likeness (QED) is 0.913. The third kappa shape index (κ3) is 2.40. The molecule has 0 spiro atoms. The Morgan fingerprint density at radius 2 is 2.00 bits per heavy atom. The highest BCUT2D eigenvalue weighted by Gasteiger charge is 2.35. The molecule has 1 N–H and O–H groups in total. The number of anilines is 1. The first-order chi connectivity index (χ1) is 10.3. The van der Waals surface area contributed by atoms with Crippen LogP contribution < -0.4 is 4.90 Å². The number of para-hydroxylation sites is 2. The monoisotopic (exact) mass is 286 g/mol. The molecule has 2 fully saturated rings. The van der Waals surface area contributed by atoms with Crippen molar-refractivity contribution in [1.29, 1.82) is 0 Å². The van der Waals surface area contributed by atoms with Gasteiger partial charge >= 0.3 is 0 Å². The summed E-state index contributed by atoms with van der Waals surface area (Å²) in [6.07, 6.45) is 0. The zero-order valence-corrected chi connectivity index (χ0v) is 12.5. The van der Waals surface area contributed by atoms with Crippen molar-refractivity contribution in [1.82, 2.24) is 14.9 Å². The van der Waals surface area contributed by atoms with Gasteiger partial charge in [-0.05, 0) is 18.1 Å². The van der Waals surface area contributed by atoms with E-state index in [0.29, 0.717) is 12.0 Å². The van der Waals surface area contributed by atoms with Crippen molar-refractivity contribution >= 4 is 17.0 Å². The molecule has 112 valence electrons. The fourth-order valence-electron chi connectivity index (χ4n) is 3.60. The van der Waals surface area contributed by atoms with Crippen LogP contribution in [0.3, 0.4) is 0 Å². The van der Waals surface area contributed by atoms with E-state index in [0.717, 1.165) is 56.4 Å². The summed E-state index contributed by atoms with van der Waals surface area (Å²) in [5.41, 5.74) is 2.17. The Bertz CT molecular complexity index is 587. The van der Waals surface area contributed by atoms with E-state index in [-0.39, 0.29) is 0 Å². The van der Waals surface area contributed by atoms with Crippen LogP contribution in [0, 0.1) is 5.92 Å². The number of imidazole rings is 1. The number of hydrogen-bond donors (Lipinski definition) is 1. The van der Waals surface area contributed by atoms with Crippen molar-refractivity contribution < 1.29 is 4.74 Å². The number of morpholine rings is 1. The van der Waals surface area contributed by atoms with Crippen molar-refractivity contribution in [3.05, 3.63) is 24.3 Å². The largest absolute Gasteiger partial charge is 0.379 e. The lowest BCUT2D eigenvalue weighted by molar-refractivity contribution is 0.0134. The van der Waals surface area contributed by atoms with Gasteiger partial charge in [-0.1, -0.05) is 19.1 Å². The summed E-state index contributed by atoms with van der Waals surface area (Å²) in [7, 11) is 0. The van der Waals surface area contributed by atoms with E-state index in [1.54, 1.807) is 0 Å². The number of nitrogens with one attached hydrogen (secondary N) is 1. The molecule has 21 heavy (non-hydrogen) atoms. The van der Waals surface area contributed by atoms with Crippen molar-refractivity contribution in [3.8, 4) is 0 Å². The van der Waals surface area contributed by atoms with E-state index in [9.17, 15) is 0 Å². The van der Waals surface area contributed by atoms with Crippen LogP contribution in [0.2, 0.25) is 0 Å². The average Bonchev–Trinajstić information content (AvgIpc) is 3.11. The molecule has 4 rings (SSSR count). The fourth-order valence-corrected chi connectivity index (χ4v) is 3.60. The van der Waals surface area contributed by atoms with Gasteiger partial charge in [0, 0.05) is 32.2 Å². The zero-order valence-electron chi connectivity index (χ0n) is 12.5. The molecule has 5 heteroatoms.